The quantitative estimate of drug-likeness (QED) is 0.833. The number of aromatic nitrogens is 3. The van der Waals surface area contributed by atoms with Crippen LogP contribution in [0.4, 0.5) is 0 Å². The van der Waals surface area contributed by atoms with Crippen molar-refractivity contribution in [1.82, 2.24) is 20.3 Å². The standard InChI is InChI=1S/C14H22N4O/c1-4-7-15-14(12-6-9-19-11(12)3)13-10-16-17-18(13)8-5-2/h6,9-10,14-15H,4-5,7-8H2,1-3H3. The summed E-state index contributed by atoms with van der Waals surface area (Å²) in [6, 6.07) is 2.12. The molecular weight excluding hydrogens is 240 g/mol. The van der Waals surface area contributed by atoms with E-state index in [1.165, 1.54) is 0 Å². The molecule has 0 saturated carbocycles. The first-order valence-corrected chi connectivity index (χ1v) is 6.93. The van der Waals surface area contributed by atoms with Gasteiger partial charge in [0.2, 0.25) is 0 Å². The zero-order valence-corrected chi connectivity index (χ0v) is 11.9. The number of nitrogens with one attached hydrogen (secondary N) is 1. The zero-order valence-electron chi connectivity index (χ0n) is 11.9. The van der Waals surface area contributed by atoms with Gasteiger partial charge in [0, 0.05) is 12.1 Å². The minimum absolute atomic E-state index is 0.0975. The molecule has 5 heteroatoms. The first-order chi connectivity index (χ1) is 9.27. The fraction of sp³-hybridized carbons (Fsp3) is 0.571. The van der Waals surface area contributed by atoms with Gasteiger partial charge in [0.1, 0.15) is 5.76 Å². The maximum absolute atomic E-state index is 5.43. The molecule has 0 radical (unpaired) electrons. The predicted octanol–water partition coefficient (Wildman–Crippen LogP) is 2.68. The summed E-state index contributed by atoms with van der Waals surface area (Å²) in [6.45, 7) is 8.13. The summed E-state index contributed by atoms with van der Waals surface area (Å²) in [5, 5.41) is 11.8. The first kappa shape index (κ1) is 13.8. The highest BCUT2D eigenvalue weighted by Gasteiger charge is 2.21. The van der Waals surface area contributed by atoms with Crippen LogP contribution in [0.3, 0.4) is 0 Å². The van der Waals surface area contributed by atoms with Crippen molar-refractivity contribution in [2.45, 2.75) is 46.2 Å². The van der Waals surface area contributed by atoms with Gasteiger partial charge in [0.15, 0.2) is 0 Å². The smallest absolute Gasteiger partial charge is 0.105 e. The molecule has 0 spiro atoms. The Bertz CT molecular complexity index is 503. The number of hydrogen-bond donors (Lipinski definition) is 1. The Balaban J connectivity index is 2.31. The SMILES string of the molecule is CCCNC(c1ccoc1C)c1cnnn1CCC. The second-order valence-electron chi connectivity index (χ2n) is 4.70. The molecule has 19 heavy (non-hydrogen) atoms. The molecule has 2 rings (SSSR count). The first-order valence-electron chi connectivity index (χ1n) is 6.93. The monoisotopic (exact) mass is 262 g/mol. The van der Waals surface area contributed by atoms with Crippen molar-refractivity contribution in [3.05, 3.63) is 35.5 Å². The van der Waals surface area contributed by atoms with Gasteiger partial charge in [-0.05, 0) is 32.4 Å². The van der Waals surface area contributed by atoms with Gasteiger partial charge in [-0.1, -0.05) is 19.1 Å². The summed E-state index contributed by atoms with van der Waals surface area (Å²) in [4.78, 5) is 0. The van der Waals surface area contributed by atoms with Gasteiger partial charge < -0.3 is 9.73 Å². The lowest BCUT2D eigenvalue weighted by atomic mass is 10.0. The molecule has 0 amide bonds. The molecule has 104 valence electrons. The van der Waals surface area contributed by atoms with Gasteiger partial charge in [0.25, 0.3) is 0 Å². The molecule has 5 nitrogen and oxygen atoms in total. The second kappa shape index (κ2) is 6.52. The van der Waals surface area contributed by atoms with Gasteiger partial charge in [-0.15, -0.1) is 5.10 Å². The summed E-state index contributed by atoms with van der Waals surface area (Å²) < 4.78 is 7.41. The summed E-state index contributed by atoms with van der Waals surface area (Å²) in [7, 11) is 0. The van der Waals surface area contributed by atoms with E-state index in [2.05, 4.69) is 29.5 Å². The lowest BCUT2D eigenvalue weighted by molar-refractivity contribution is 0.488. The Labute approximate surface area is 114 Å². The van der Waals surface area contributed by atoms with Crippen LogP contribution in [0, 0.1) is 6.92 Å². The summed E-state index contributed by atoms with van der Waals surface area (Å²) in [5.74, 6) is 0.942. The van der Waals surface area contributed by atoms with Gasteiger partial charge in [0.05, 0.1) is 24.2 Å². The largest absolute Gasteiger partial charge is 0.469 e. The molecule has 0 aromatic carbocycles. The highest BCUT2D eigenvalue weighted by molar-refractivity contribution is 5.28. The normalized spacial score (nSPS) is 12.8. The van der Waals surface area contributed by atoms with Crippen LogP contribution in [0.15, 0.2) is 22.9 Å². The van der Waals surface area contributed by atoms with Crippen LogP contribution >= 0.6 is 0 Å². The van der Waals surface area contributed by atoms with Crippen molar-refractivity contribution in [3.63, 3.8) is 0 Å². The van der Waals surface area contributed by atoms with E-state index in [1.54, 1.807) is 6.26 Å². The molecule has 2 aromatic rings. The fourth-order valence-corrected chi connectivity index (χ4v) is 2.23. The van der Waals surface area contributed by atoms with E-state index < -0.39 is 0 Å². The Kier molecular flexibility index (Phi) is 4.74. The molecule has 0 bridgehead atoms. The minimum atomic E-state index is 0.0975. The molecule has 1 unspecified atom stereocenters. The number of rotatable bonds is 7. The average Bonchev–Trinajstić information content (AvgIpc) is 3.01. The summed E-state index contributed by atoms with van der Waals surface area (Å²) >= 11 is 0. The molecule has 0 aliphatic rings. The van der Waals surface area contributed by atoms with E-state index in [0.717, 1.165) is 42.9 Å². The Morgan fingerprint density at radius 3 is 2.84 bits per heavy atom. The molecule has 1 N–H and O–H groups in total. The third kappa shape index (κ3) is 3.04. The zero-order chi connectivity index (χ0) is 13.7. The summed E-state index contributed by atoms with van der Waals surface area (Å²) in [6.07, 6.45) is 5.71. The fourth-order valence-electron chi connectivity index (χ4n) is 2.23. The van der Waals surface area contributed by atoms with Crippen molar-refractivity contribution in [2.75, 3.05) is 6.54 Å². The number of aryl methyl sites for hydroxylation is 2. The third-order valence-electron chi connectivity index (χ3n) is 3.19. The Morgan fingerprint density at radius 1 is 1.37 bits per heavy atom. The highest BCUT2D eigenvalue weighted by Crippen LogP contribution is 2.25. The minimum Gasteiger partial charge on any atom is -0.469 e. The lowest BCUT2D eigenvalue weighted by Crippen LogP contribution is -2.26. The predicted molar refractivity (Wildman–Crippen MR) is 73.9 cm³/mol. The van der Waals surface area contributed by atoms with Gasteiger partial charge in [-0.25, -0.2) is 4.68 Å². The third-order valence-corrected chi connectivity index (χ3v) is 3.19. The van der Waals surface area contributed by atoms with Crippen LogP contribution in [0.2, 0.25) is 0 Å². The van der Waals surface area contributed by atoms with E-state index in [1.807, 2.05) is 23.9 Å². The van der Waals surface area contributed by atoms with Crippen LogP contribution < -0.4 is 5.32 Å². The van der Waals surface area contributed by atoms with E-state index in [0.29, 0.717) is 0 Å². The van der Waals surface area contributed by atoms with E-state index in [4.69, 9.17) is 4.42 Å². The molecular formula is C14H22N4O. The van der Waals surface area contributed by atoms with Crippen LogP contribution in [0.25, 0.3) is 0 Å². The highest BCUT2D eigenvalue weighted by atomic mass is 16.3. The Morgan fingerprint density at radius 2 is 2.21 bits per heavy atom. The molecule has 0 aliphatic heterocycles. The maximum atomic E-state index is 5.43. The van der Waals surface area contributed by atoms with Crippen LogP contribution in [-0.2, 0) is 6.54 Å². The van der Waals surface area contributed by atoms with Crippen molar-refractivity contribution in [2.24, 2.45) is 0 Å². The van der Waals surface area contributed by atoms with E-state index in [-0.39, 0.29) is 6.04 Å². The lowest BCUT2D eigenvalue weighted by Gasteiger charge is -2.18. The van der Waals surface area contributed by atoms with Crippen LogP contribution in [0.1, 0.15) is 49.7 Å². The van der Waals surface area contributed by atoms with Gasteiger partial charge in [-0.2, -0.15) is 0 Å². The average molecular weight is 262 g/mol. The van der Waals surface area contributed by atoms with Crippen molar-refractivity contribution in [1.29, 1.82) is 0 Å². The molecule has 0 aliphatic carbocycles. The maximum Gasteiger partial charge on any atom is 0.105 e. The summed E-state index contributed by atoms with van der Waals surface area (Å²) in [5.41, 5.74) is 2.26. The molecule has 1 atom stereocenters. The van der Waals surface area contributed by atoms with Crippen LogP contribution in [0.5, 0.6) is 0 Å². The number of hydrogen-bond acceptors (Lipinski definition) is 4. The molecule has 2 aromatic heterocycles. The van der Waals surface area contributed by atoms with Crippen LogP contribution in [-0.4, -0.2) is 21.5 Å². The number of nitrogens with zero attached hydrogens (tertiary/aromatic N) is 3. The molecule has 2 heterocycles. The molecule has 0 saturated heterocycles. The van der Waals surface area contributed by atoms with Gasteiger partial charge >= 0.3 is 0 Å². The Hall–Kier alpha value is -1.62. The molecule has 0 fully saturated rings. The van der Waals surface area contributed by atoms with Crippen molar-refractivity contribution < 1.29 is 4.42 Å². The second-order valence-corrected chi connectivity index (χ2v) is 4.70. The topological polar surface area (TPSA) is 55.9 Å². The van der Waals surface area contributed by atoms with Crippen molar-refractivity contribution in [3.8, 4) is 0 Å². The number of furan rings is 1. The van der Waals surface area contributed by atoms with Gasteiger partial charge in [-0.3, -0.25) is 0 Å². The van der Waals surface area contributed by atoms with E-state index >= 15 is 0 Å². The van der Waals surface area contributed by atoms with E-state index in [9.17, 15) is 0 Å². The van der Waals surface area contributed by atoms with Crippen molar-refractivity contribution >= 4 is 0 Å².